The molecule has 1 amide bonds. The molecule has 0 aromatic heterocycles. The zero-order valence-corrected chi connectivity index (χ0v) is 7.74. The summed E-state index contributed by atoms with van der Waals surface area (Å²) >= 11 is 0. The lowest BCUT2D eigenvalue weighted by molar-refractivity contribution is -0.123. The van der Waals surface area contributed by atoms with E-state index in [0.29, 0.717) is 0 Å². The van der Waals surface area contributed by atoms with Gasteiger partial charge >= 0.3 is 6.18 Å². The van der Waals surface area contributed by atoms with Crippen molar-refractivity contribution in [3.8, 4) is 0 Å². The van der Waals surface area contributed by atoms with Gasteiger partial charge in [-0.05, 0) is 12.1 Å². The van der Waals surface area contributed by atoms with Crippen molar-refractivity contribution in [1.29, 1.82) is 0 Å². The second kappa shape index (κ2) is 4.46. The Balaban J connectivity index is 2.78. The van der Waals surface area contributed by atoms with Crippen molar-refractivity contribution in [1.82, 2.24) is 5.32 Å². The third-order valence-electron chi connectivity index (χ3n) is 1.65. The predicted molar refractivity (Wildman–Crippen MR) is 44.7 cm³/mol. The number of hydrogen-bond acceptors (Lipinski definition) is 1. The summed E-state index contributed by atoms with van der Waals surface area (Å²) in [4.78, 5) is 11.0. The van der Waals surface area contributed by atoms with Crippen molar-refractivity contribution in [3.63, 3.8) is 0 Å². The summed E-state index contributed by atoms with van der Waals surface area (Å²) in [5, 5.41) is 1.44. The average Bonchev–Trinajstić information content (AvgIpc) is 2.17. The van der Waals surface area contributed by atoms with Gasteiger partial charge in [0.2, 0.25) is 0 Å². The van der Waals surface area contributed by atoms with Crippen LogP contribution in [0.2, 0.25) is 0 Å². The molecule has 0 aliphatic heterocycles. The van der Waals surface area contributed by atoms with E-state index >= 15 is 0 Å². The molecular weight excluding hydrogens is 233 g/mol. The van der Waals surface area contributed by atoms with Gasteiger partial charge in [-0.2, -0.15) is 13.2 Å². The van der Waals surface area contributed by atoms with Gasteiger partial charge in [0.15, 0.2) is 11.6 Å². The molecule has 0 saturated heterocycles. The van der Waals surface area contributed by atoms with Crippen LogP contribution < -0.4 is 5.32 Å². The highest BCUT2D eigenvalue weighted by Gasteiger charge is 2.28. The van der Waals surface area contributed by atoms with Gasteiger partial charge in [-0.15, -0.1) is 0 Å². The first-order chi connectivity index (χ1) is 7.31. The van der Waals surface area contributed by atoms with E-state index in [2.05, 4.69) is 0 Å². The Morgan fingerprint density at radius 3 is 2.44 bits per heavy atom. The first-order valence-electron chi connectivity index (χ1n) is 4.10. The lowest BCUT2D eigenvalue weighted by atomic mass is 10.2. The number of carbonyl (C=O) groups is 1. The number of alkyl halides is 3. The summed E-state index contributed by atoms with van der Waals surface area (Å²) < 4.78 is 60.8. The van der Waals surface area contributed by atoms with Crippen LogP contribution in [0.25, 0.3) is 0 Å². The second-order valence-electron chi connectivity index (χ2n) is 2.90. The zero-order valence-electron chi connectivity index (χ0n) is 7.74. The van der Waals surface area contributed by atoms with Gasteiger partial charge in [0.1, 0.15) is 6.54 Å². The molecule has 1 N–H and O–H groups in total. The summed E-state index contributed by atoms with van der Waals surface area (Å²) in [6, 6.07) is 2.68. The highest BCUT2D eigenvalue weighted by atomic mass is 19.4. The summed E-state index contributed by atoms with van der Waals surface area (Å²) in [6.45, 7) is -1.60. The molecule has 1 rings (SSSR count). The Morgan fingerprint density at radius 1 is 1.25 bits per heavy atom. The molecule has 0 heterocycles. The van der Waals surface area contributed by atoms with E-state index in [4.69, 9.17) is 0 Å². The van der Waals surface area contributed by atoms with E-state index in [-0.39, 0.29) is 0 Å². The molecule has 0 aliphatic carbocycles. The van der Waals surface area contributed by atoms with E-state index in [1.807, 2.05) is 0 Å². The van der Waals surface area contributed by atoms with Gasteiger partial charge in [0, 0.05) is 0 Å². The third-order valence-corrected chi connectivity index (χ3v) is 1.65. The first-order valence-corrected chi connectivity index (χ1v) is 4.10. The summed E-state index contributed by atoms with van der Waals surface area (Å²) in [5.41, 5.74) is -0.760. The Labute approximate surface area is 87.1 Å². The van der Waals surface area contributed by atoms with Crippen molar-refractivity contribution in [2.45, 2.75) is 6.18 Å². The van der Waals surface area contributed by atoms with Crippen molar-refractivity contribution < 1.29 is 26.7 Å². The van der Waals surface area contributed by atoms with E-state index in [1.165, 1.54) is 5.32 Å². The predicted octanol–water partition coefficient (Wildman–Crippen LogP) is 2.26. The summed E-state index contributed by atoms with van der Waals surface area (Å²) in [5.74, 6) is -4.07. The van der Waals surface area contributed by atoms with Gasteiger partial charge < -0.3 is 5.32 Å². The zero-order chi connectivity index (χ0) is 12.3. The van der Waals surface area contributed by atoms with Gasteiger partial charge in [-0.3, -0.25) is 4.79 Å². The molecule has 2 nitrogen and oxygen atoms in total. The molecule has 0 aliphatic rings. The third kappa shape index (κ3) is 3.18. The van der Waals surface area contributed by atoms with Gasteiger partial charge in [-0.1, -0.05) is 6.07 Å². The van der Waals surface area contributed by atoms with Crippen molar-refractivity contribution >= 4 is 5.91 Å². The number of hydrogen-bond donors (Lipinski definition) is 1. The molecule has 1 aromatic rings. The maximum Gasteiger partial charge on any atom is 0.405 e. The fourth-order valence-electron chi connectivity index (χ4n) is 0.955. The Bertz CT molecular complexity index is 401. The topological polar surface area (TPSA) is 29.1 Å². The minimum absolute atomic E-state index is 0.760. The first kappa shape index (κ1) is 12.4. The molecule has 7 heteroatoms. The number of benzene rings is 1. The van der Waals surface area contributed by atoms with Crippen LogP contribution in [-0.4, -0.2) is 18.6 Å². The normalized spacial score (nSPS) is 11.3. The average molecular weight is 239 g/mol. The van der Waals surface area contributed by atoms with Crippen LogP contribution in [0.15, 0.2) is 18.2 Å². The largest absolute Gasteiger partial charge is 0.405 e. The molecule has 0 unspecified atom stereocenters. The Hall–Kier alpha value is -1.66. The number of rotatable bonds is 2. The molecule has 1 aromatic carbocycles. The fourth-order valence-corrected chi connectivity index (χ4v) is 0.955. The maximum absolute atomic E-state index is 13.0. The molecular formula is C9H6F5NO. The summed E-state index contributed by atoms with van der Waals surface area (Å²) in [6.07, 6.45) is -4.60. The molecule has 0 atom stereocenters. The summed E-state index contributed by atoms with van der Waals surface area (Å²) in [7, 11) is 0. The quantitative estimate of drug-likeness (QED) is 0.788. The van der Waals surface area contributed by atoms with Gasteiger partial charge in [0.05, 0.1) is 5.56 Å². The van der Waals surface area contributed by atoms with Crippen LogP contribution in [0.5, 0.6) is 0 Å². The highest BCUT2D eigenvalue weighted by Crippen LogP contribution is 2.14. The smallest absolute Gasteiger partial charge is 0.343 e. The molecule has 0 spiro atoms. The molecule has 0 bridgehead atoms. The van der Waals surface area contributed by atoms with Gasteiger partial charge in [0.25, 0.3) is 5.91 Å². The van der Waals surface area contributed by atoms with Crippen molar-refractivity contribution in [2.24, 2.45) is 0 Å². The number of carbonyl (C=O) groups excluding carboxylic acids is 1. The van der Waals surface area contributed by atoms with E-state index < -0.39 is 35.8 Å². The second-order valence-corrected chi connectivity index (χ2v) is 2.90. The number of halogens is 5. The van der Waals surface area contributed by atoms with Crippen LogP contribution in [-0.2, 0) is 0 Å². The fraction of sp³-hybridized carbons (Fsp3) is 0.222. The SMILES string of the molecule is O=C(NCC(F)(F)F)c1cccc(F)c1F. The van der Waals surface area contributed by atoms with Crippen LogP contribution in [0.3, 0.4) is 0 Å². The van der Waals surface area contributed by atoms with Crippen molar-refractivity contribution in [2.75, 3.05) is 6.54 Å². The number of nitrogens with one attached hydrogen (secondary N) is 1. The monoisotopic (exact) mass is 239 g/mol. The Kier molecular flexibility index (Phi) is 3.46. The standard InChI is InChI=1S/C9H6F5NO/c10-6-3-1-2-5(7(6)11)8(16)15-4-9(12,13)14/h1-3H,4H2,(H,15,16). The Morgan fingerprint density at radius 2 is 1.88 bits per heavy atom. The molecule has 0 fully saturated rings. The van der Waals surface area contributed by atoms with E-state index in [0.717, 1.165) is 18.2 Å². The van der Waals surface area contributed by atoms with Crippen molar-refractivity contribution in [3.05, 3.63) is 35.4 Å². The van der Waals surface area contributed by atoms with E-state index in [1.54, 1.807) is 0 Å². The molecule has 0 radical (unpaired) electrons. The lowest BCUT2D eigenvalue weighted by Gasteiger charge is -2.08. The minimum atomic E-state index is -4.60. The van der Waals surface area contributed by atoms with Crippen LogP contribution in [0.4, 0.5) is 22.0 Å². The maximum atomic E-state index is 13.0. The molecule has 0 saturated carbocycles. The molecule has 88 valence electrons. The highest BCUT2D eigenvalue weighted by molar-refractivity contribution is 5.94. The van der Waals surface area contributed by atoms with E-state index in [9.17, 15) is 26.7 Å². The minimum Gasteiger partial charge on any atom is -0.343 e. The van der Waals surface area contributed by atoms with Crippen LogP contribution >= 0.6 is 0 Å². The van der Waals surface area contributed by atoms with Gasteiger partial charge in [-0.25, -0.2) is 8.78 Å². The molecule has 16 heavy (non-hydrogen) atoms. The lowest BCUT2D eigenvalue weighted by Crippen LogP contribution is -2.34. The van der Waals surface area contributed by atoms with Crippen LogP contribution in [0, 0.1) is 11.6 Å². The van der Waals surface area contributed by atoms with Crippen LogP contribution in [0.1, 0.15) is 10.4 Å². The number of amides is 1.